The van der Waals surface area contributed by atoms with Crippen LogP contribution in [0.5, 0.6) is 0 Å². The van der Waals surface area contributed by atoms with Crippen LogP contribution < -0.4 is 16.3 Å². The van der Waals surface area contributed by atoms with Crippen molar-refractivity contribution in [3.05, 3.63) is 80.8 Å². The zero-order chi connectivity index (χ0) is 20.2. The lowest BCUT2D eigenvalue weighted by atomic mass is 10.2. The summed E-state index contributed by atoms with van der Waals surface area (Å²) in [5, 5.41) is 13.0. The predicted octanol–water partition coefficient (Wildman–Crippen LogP) is 2.67. The van der Waals surface area contributed by atoms with Crippen LogP contribution in [0, 0.1) is 6.92 Å². The molecule has 0 unspecified atom stereocenters. The Morgan fingerprint density at radius 1 is 1.21 bits per heavy atom. The molecular weight excluding hydrogens is 388 g/mol. The van der Waals surface area contributed by atoms with E-state index in [1.165, 1.54) is 9.08 Å². The molecule has 4 rings (SSSR count). The first-order valence-electron chi connectivity index (χ1n) is 9.17. The average molecular weight is 408 g/mol. The zero-order valence-electron chi connectivity index (χ0n) is 15.8. The van der Waals surface area contributed by atoms with E-state index < -0.39 is 0 Å². The van der Waals surface area contributed by atoms with Gasteiger partial charge in [-0.2, -0.15) is 0 Å². The number of amides is 2. The van der Waals surface area contributed by atoms with Crippen LogP contribution in [0.25, 0.3) is 5.65 Å². The summed E-state index contributed by atoms with van der Waals surface area (Å²) in [4.78, 5) is 28.9. The van der Waals surface area contributed by atoms with E-state index in [4.69, 9.17) is 0 Å². The summed E-state index contributed by atoms with van der Waals surface area (Å²) >= 11 is 1.60. The number of aryl methyl sites for hydroxylation is 1. The van der Waals surface area contributed by atoms with Crippen LogP contribution >= 0.6 is 11.3 Å². The molecule has 0 radical (unpaired) electrons. The van der Waals surface area contributed by atoms with E-state index in [0.29, 0.717) is 30.8 Å². The average Bonchev–Trinajstić information content (AvgIpc) is 3.26. The molecule has 2 N–H and O–H groups in total. The molecule has 0 aliphatic carbocycles. The summed E-state index contributed by atoms with van der Waals surface area (Å²) in [5.74, 6) is 0. The highest BCUT2D eigenvalue weighted by Gasteiger charge is 2.08. The lowest BCUT2D eigenvalue weighted by molar-refractivity contribution is 0.252. The van der Waals surface area contributed by atoms with Gasteiger partial charge in [-0.1, -0.05) is 18.2 Å². The Balaban J connectivity index is 1.37. The smallest absolute Gasteiger partial charge is 0.337 e. The number of nitrogens with one attached hydrogen (secondary N) is 2. The lowest BCUT2D eigenvalue weighted by Crippen LogP contribution is -2.30. The first kappa shape index (κ1) is 18.9. The van der Waals surface area contributed by atoms with Crippen LogP contribution in [0.3, 0.4) is 0 Å². The van der Waals surface area contributed by atoms with Crippen molar-refractivity contribution in [2.45, 2.75) is 19.9 Å². The monoisotopic (exact) mass is 408 g/mol. The molecule has 3 aromatic heterocycles. The Hall–Kier alpha value is -3.46. The van der Waals surface area contributed by atoms with E-state index in [0.717, 1.165) is 16.3 Å². The number of benzene rings is 1. The Kier molecular flexibility index (Phi) is 5.39. The molecule has 9 heteroatoms. The molecule has 4 aromatic rings. The van der Waals surface area contributed by atoms with Gasteiger partial charge in [0.25, 0.3) is 0 Å². The maximum Gasteiger partial charge on any atom is 0.350 e. The minimum Gasteiger partial charge on any atom is -0.337 e. The number of aromatic nitrogens is 4. The molecular formula is C20H20N6O2S. The van der Waals surface area contributed by atoms with Gasteiger partial charge < -0.3 is 10.6 Å². The van der Waals surface area contributed by atoms with Gasteiger partial charge in [0.1, 0.15) is 0 Å². The molecule has 0 atom stereocenters. The first-order valence-corrected chi connectivity index (χ1v) is 10.1. The number of anilines is 1. The molecule has 0 bridgehead atoms. The fourth-order valence-corrected chi connectivity index (χ4v) is 3.64. The number of urea groups is 1. The summed E-state index contributed by atoms with van der Waals surface area (Å²) in [6, 6.07) is 12.5. The summed E-state index contributed by atoms with van der Waals surface area (Å²) in [7, 11) is 0. The summed E-state index contributed by atoms with van der Waals surface area (Å²) < 4.78 is 2.91. The van der Waals surface area contributed by atoms with E-state index in [9.17, 15) is 9.59 Å². The third-order valence-electron chi connectivity index (χ3n) is 4.34. The largest absolute Gasteiger partial charge is 0.350 e. The van der Waals surface area contributed by atoms with Crippen molar-refractivity contribution in [1.82, 2.24) is 24.5 Å². The lowest BCUT2D eigenvalue weighted by Gasteiger charge is -2.08. The van der Waals surface area contributed by atoms with Crippen LogP contribution in [0.4, 0.5) is 10.5 Å². The quantitative estimate of drug-likeness (QED) is 0.513. The van der Waals surface area contributed by atoms with E-state index in [-0.39, 0.29) is 11.7 Å². The van der Waals surface area contributed by atoms with Gasteiger partial charge in [-0.05, 0) is 36.8 Å². The Labute approximate surface area is 170 Å². The number of hydrogen-bond donors (Lipinski definition) is 2. The molecule has 0 aliphatic heterocycles. The Morgan fingerprint density at radius 2 is 2.10 bits per heavy atom. The second-order valence-electron chi connectivity index (χ2n) is 6.56. The Morgan fingerprint density at radius 3 is 2.90 bits per heavy atom. The minimum atomic E-state index is -0.279. The molecule has 29 heavy (non-hydrogen) atoms. The number of carbonyl (C=O) groups is 1. The number of rotatable bonds is 6. The topological polar surface area (TPSA) is 93.3 Å². The van der Waals surface area contributed by atoms with E-state index >= 15 is 0 Å². The highest BCUT2D eigenvalue weighted by Crippen LogP contribution is 2.12. The van der Waals surface area contributed by atoms with Crippen LogP contribution in [-0.2, 0) is 13.0 Å². The summed E-state index contributed by atoms with van der Waals surface area (Å²) in [6.07, 6.45) is 2.38. The Bertz CT molecular complexity index is 1210. The van der Waals surface area contributed by atoms with Gasteiger partial charge in [0.05, 0.1) is 17.2 Å². The number of thiazole rings is 1. The van der Waals surface area contributed by atoms with Crippen LogP contribution in [0.1, 0.15) is 16.3 Å². The van der Waals surface area contributed by atoms with Crippen molar-refractivity contribution >= 4 is 28.7 Å². The number of nitrogens with zero attached hydrogens (tertiary/aromatic N) is 4. The van der Waals surface area contributed by atoms with Gasteiger partial charge in [0.2, 0.25) is 0 Å². The maximum atomic E-state index is 12.4. The standard InChI is InChI=1S/C20H20N6O2S/c1-14-22-17(13-29-14)8-9-21-19(27)23-16-6-4-5-15(11-16)12-26-20(28)25-10-3-2-7-18(25)24-26/h2-7,10-11,13H,8-9,12H2,1H3,(H2,21,23,27). The molecule has 0 spiro atoms. The van der Waals surface area contributed by atoms with Gasteiger partial charge >= 0.3 is 11.7 Å². The zero-order valence-corrected chi connectivity index (χ0v) is 16.6. The molecule has 3 heterocycles. The molecule has 1 aromatic carbocycles. The van der Waals surface area contributed by atoms with Gasteiger partial charge in [0, 0.05) is 30.2 Å². The predicted molar refractivity (Wildman–Crippen MR) is 113 cm³/mol. The highest BCUT2D eigenvalue weighted by molar-refractivity contribution is 7.09. The number of hydrogen-bond acceptors (Lipinski definition) is 5. The fraction of sp³-hybridized carbons (Fsp3) is 0.200. The van der Waals surface area contributed by atoms with Gasteiger partial charge in [-0.15, -0.1) is 16.4 Å². The number of carbonyl (C=O) groups excluding carboxylic acids is 1. The molecule has 0 saturated heterocycles. The third-order valence-corrected chi connectivity index (χ3v) is 5.16. The minimum absolute atomic E-state index is 0.200. The second-order valence-corrected chi connectivity index (χ2v) is 7.62. The van der Waals surface area contributed by atoms with Crippen LogP contribution in [0.2, 0.25) is 0 Å². The second kappa shape index (κ2) is 8.27. The van der Waals surface area contributed by atoms with E-state index in [1.807, 2.05) is 36.6 Å². The molecule has 2 amide bonds. The van der Waals surface area contributed by atoms with Gasteiger partial charge in [0.15, 0.2) is 5.65 Å². The van der Waals surface area contributed by atoms with Crippen molar-refractivity contribution < 1.29 is 4.79 Å². The van der Waals surface area contributed by atoms with Crippen molar-refractivity contribution in [3.8, 4) is 0 Å². The molecule has 0 aliphatic rings. The van der Waals surface area contributed by atoms with E-state index in [2.05, 4.69) is 20.7 Å². The fourth-order valence-electron chi connectivity index (χ4n) is 2.99. The highest BCUT2D eigenvalue weighted by atomic mass is 32.1. The molecule has 0 saturated carbocycles. The molecule has 8 nitrogen and oxygen atoms in total. The summed E-state index contributed by atoms with van der Waals surface area (Å²) in [5.41, 5.74) is 2.90. The van der Waals surface area contributed by atoms with Crippen LogP contribution in [-0.4, -0.2) is 31.7 Å². The number of pyridine rings is 1. The van der Waals surface area contributed by atoms with Crippen LogP contribution in [0.15, 0.2) is 58.8 Å². The SMILES string of the molecule is Cc1nc(CCNC(=O)Nc2cccc(Cn3nc4ccccn4c3=O)c2)cs1. The normalized spacial score (nSPS) is 10.9. The van der Waals surface area contributed by atoms with Crippen molar-refractivity contribution in [1.29, 1.82) is 0 Å². The van der Waals surface area contributed by atoms with Crippen molar-refractivity contribution in [2.24, 2.45) is 0 Å². The van der Waals surface area contributed by atoms with Gasteiger partial charge in [-0.3, -0.25) is 4.40 Å². The number of fused-ring (bicyclic) bond motifs is 1. The first-order chi connectivity index (χ1) is 14.1. The summed E-state index contributed by atoms with van der Waals surface area (Å²) in [6.45, 7) is 2.79. The van der Waals surface area contributed by atoms with Crippen molar-refractivity contribution in [3.63, 3.8) is 0 Å². The van der Waals surface area contributed by atoms with Gasteiger partial charge in [-0.25, -0.2) is 19.3 Å². The van der Waals surface area contributed by atoms with E-state index in [1.54, 1.807) is 35.7 Å². The molecule has 148 valence electrons. The molecule has 0 fully saturated rings. The maximum absolute atomic E-state index is 12.4. The third kappa shape index (κ3) is 4.52. The van der Waals surface area contributed by atoms with Crippen molar-refractivity contribution in [2.75, 3.05) is 11.9 Å².